The van der Waals surface area contributed by atoms with Gasteiger partial charge in [0.1, 0.15) is 12.4 Å². The molecule has 0 saturated carbocycles. The Labute approximate surface area is 148 Å². The van der Waals surface area contributed by atoms with Crippen LogP contribution in [0.25, 0.3) is 0 Å². The van der Waals surface area contributed by atoms with Crippen LogP contribution in [0.2, 0.25) is 0 Å². The van der Waals surface area contributed by atoms with E-state index in [1.54, 1.807) is 13.3 Å². The summed E-state index contributed by atoms with van der Waals surface area (Å²) in [5.74, 6) is 0.700. The molecule has 0 aliphatic carbocycles. The molecule has 25 heavy (non-hydrogen) atoms. The fraction of sp³-hybridized carbons (Fsp3) is 0.368. The van der Waals surface area contributed by atoms with E-state index in [1.807, 2.05) is 49.4 Å². The van der Waals surface area contributed by atoms with Crippen molar-refractivity contribution < 1.29 is 14.3 Å². The van der Waals surface area contributed by atoms with E-state index in [9.17, 15) is 4.79 Å². The van der Waals surface area contributed by atoms with Gasteiger partial charge in [0.2, 0.25) is 5.91 Å². The van der Waals surface area contributed by atoms with E-state index in [-0.39, 0.29) is 18.5 Å². The molecule has 0 bridgehead atoms. The van der Waals surface area contributed by atoms with Gasteiger partial charge in [-0.05, 0) is 36.8 Å². The predicted octanol–water partition coefficient (Wildman–Crippen LogP) is 2.07. The molecule has 1 unspecified atom stereocenters. The van der Waals surface area contributed by atoms with E-state index < -0.39 is 0 Å². The summed E-state index contributed by atoms with van der Waals surface area (Å²) >= 11 is 0. The van der Waals surface area contributed by atoms with Gasteiger partial charge in [0.05, 0.1) is 24.9 Å². The second kappa shape index (κ2) is 10.4. The minimum atomic E-state index is -0.102. The smallest absolute Gasteiger partial charge is 0.234 e. The molecule has 2 rings (SSSR count). The number of hydrogen-bond donors (Lipinski definition) is 2. The summed E-state index contributed by atoms with van der Waals surface area (Å²) < 4.78 is 10.7. The van der Waals surface area contributed by atoms with Crippen molar-refractivity contribution in [3.05, 3.63) is 59.9 Å². The summed E-state index contributed by atoms with van der Waals surface area (Å²) in [5, 5.41) is 5.99. The quantitative estimate of drug-likeness (QED) is 0.646. The Morgan fingerprint density at radius 2 is 2.12 bits per heavy atom. The Morgan fingerprint density at radius 1 is 1.24 bits per heavy atom. The van der Waals surface area contributed by atoms with Crippen LogP contribution in [-0.2, 0) is 16.1 Å². The lowest BCUT2D eigenvalue weighted by atomic mass is 10.1. The maximum Gasteiger partial charge on any atom is 0.234 e. The summed E-state index contributed by atoms with van der Waals surface area (Å²) in [6.45, 7) is 3.86. The number of benzene rings is 1. The summed E-state index contributed by atoms with van der Waals surface area (Å²) in [6, 6.07) is 13.3. The Morgan fingerprint density at radius 3 is 2.88 bits per heavy atom. The van der Waals surface area contributed by atoms with Gasteiger partial charge in [0, 0.05) is 19.9 Å². The van der Waals surface area contributed by atoms with Crippen LogP contribution < -0.4 is 15.4 Å². The monoisotopic (exact) mass is 343 g/mol. The molecule has 1 aromatic heterocycles. The van der Waals surface area contributed by atoms with Crippen molar-refractivity contribution in [2.24, 2.45) is 0 Å². The molecular formula is C19H25N3O3. The van der Waals surface area contributed by atoms with E-state index in [0.717, 1.165) is 17.0 Å². The molecule has 0 radical (unpaired) electrons. The second-order valence-corrected chi connectivity index (χ2v) is 5.64. The number of pyridine rings is 1. The molecule has 1 amide bonds. The number of rotatable bonds is 10. The highest BCUT2D eigenvalue weighted by molar-refractivity contribution is 5.78. The van der Waals surface area contributed by atoms with Crippen molar-refractivity contribution in [3.63, 3.8) is 0 Å². The van der Waals surface area contributed by atoms with E-state index >= 15 is 0 Å². The van der Waals surface area contributed by atoms with E-state index in [1.165, 1.54) is 0 Å². The number of methoxy groups -OCH3 is 1. The summed E-state index contributed by atoms with van der Waals surface area (Å²) in [5.41, 5.74) is 1.86. The third-order valence-electron chi connectivity index (χ3n) is 3.62. The van der Waals surface area contributed by atoms with Crippen molar-refractivity contribution in [1.29, 1.82) is 0 Å². The number of nitrogens with zero attached hydrogens (tertiary/aromatic N) is 1. The van der Waals surface area contributed by atoms with Crippen molar-refractivity contribution in [2.75, 3.05) is 26.8 Å². The van der Waals surface area contributed by atoms with Crippen LogP contribution in [0.3, 0.4) is 0 Å². The molecule has 1 heterocycles. The molecule has 0 fully saturated rings. The molecule has 0 saturated heterocycles. The minimum absolute atomic E-state index is 0.0524. The molecule has 2 aromatic rings. The van der Waals surface area contributed by atoms with Crippen molar-refractivity contribution in [3.8, 4) is 5.75 Å². The van der Waals surface area contributed by atoms with E-state index in [2.05, 4.69) is 15.6 Å². The maximum absolute atomic E-state index is 11.9. The number of nitrogens with one attached hydrogen (secondary N) is 2. The van der Waals surface area contributed by atoms with Gasteiger partial charge >= 0.3 is 0 Å². The third kappa shape index (κ3) is 6.91. The zero-order valence-corrected chi connectivity index (χ0v) is 14.7. The Bertz CT molecular complexity index is 649. The first-order chi connectivity index (χ1) is 12.2. The highest BCUT2D eigenvalue weighted by Gasteiger charge is 2.10. The maximum atomic E-state index is 11.9. The fourth-order valence-corrected chi connectivity index (χ4v) is 2.27. The number of carbonyl (C=O) groups is 1. The highest BCUT2D eigenvalue weighted by atomic mass is 16.5. The zero-order chi connectivity index (χ0) is 17.9. The lowest BCUT2D eigenvalue weighted by Crippen LogP contribution is -2.36. The molecule has 0 spiro atoms. The van der Waals surface area contributed by atoms with Gasteiger partial charge in [-0.3, -0.25) is 9.78 Å². The summed E-state index contributed by atoms with van der Waals surface area (Å²) in [4.78, 5) is 16.2. The van der Waals surface area contributed by atoms with Gasteiger partial charge in [-0.25, -0.2) is 0 Å². The Kier molecular flexibility index (Phi) is 7.88. The number of amides is 1. The van der Waals surface area contributed by atoms with Crippen LogP contribution in [0.1, 0.15) is 24.2 Å². The van der Waals surface area contributed by atoms with Crippen LogP contribution >= 0.6 is 0 Å². The second-order valence-electron chi connectivity index (χ2n) is 5.64. The molecule has 2 N–H and O–H groups in total. The lowest BCUT2D eigenvalue weighted by molar-refractivity contribution is -0.120. The largest absolute Gasteiger partial charge is 0.487 e. The molecule has 6 heteroatoms. The molecular weight excluding hydrogens is 318 g/mol. The van der Waals surface area contributed by atoms with Crippen LogP contribution in [-0.4, -0.2) is 37.7 Å². The number of aromatic nitrogens is 1. The standard InChI is InChI=1S/C19H25N3O3/c1-15(22-19(23)13-20-10-11-24-2)16-6-5-8-18(12-16)25-14-17-7-3-4-9-21-17/h3-9,12,15,20H,10-11,13-14H2,1-2H3,(H,22,23). The number of carbonyl (C=O) groups excluding carboxylic acids is 1. The highest BCUT2D eigenvalue weighted by Crippen LogP contribution is 2.19. The predicted molar refractivity (Wildman–Crippen MR) is 96.3 cm³/mol. The topological polar surface area (TPSA) is 72.5 Å². The van der Waals surface area contributed by atoms with Crippen LogP contribution in [0.5, 0.6) is 5.75 Å². The fourth-order valence-electron chi connectivity index (χ4n) is 2.27. The first kappa shape index (κ1) is 18.9. The van der Waals surface area contributed by atoms with Crippen molar-refractivity contribution in [2.45, 2.75) is 19.6 Å². The summed E-state index contributed by atoms with van der Waals surface area (Å²) in [7, 11) is 1.63. The van der Waals surface area contributed by atoms with E-state index in [0.29, 0.717) is 19.8 Å². The lowest BCUT2D eigenvalue weighted by Gasteiger charge is -2.16. The van der Waals surface area contributed by atoms with Gasteiger partial charge in [-0.1, -0.05) is 18.2 Å². The van der Waals surface area contributed by atoms with Crippen molar-refractivity contribution >= 4 is 5.91 Å². The average molecular weight is 343 g/mol. The Hall–Kier alpha value is -2.44. The van der Waals surface area contributed by atoms with Gasteiger partial charge in [0.15, 0.2) is 0 Å². The van der Waals surface area contributed by atoms with Gasteiger partial charge in [0.25, 0.3) is 0 Å². The number of hydrogen-bond acceptors (Lipinski definition) is 5. The average Bonchev–Trinajstić information content (AvgIpc) is 2.64. The molecule has 6 nitrogen and oxygen atoms in total. The molecule has 1 atom stereocenters. The first-order valence-corrected chi connectivity index (χ1v) is 8.30. The van der Waals surface area contributed by atoms with Crippen LogP contribution in [0.15, 0.2) is 48.7 Å². The Balaban J connectivity index is 1.83. The molecule has 134 valence electrons. The van der Waals surface area contributed by atoms with E-state index in [4.69, 9.17) is 9.47 Å². The SMILES string of the molecule is COCCNCC(=O)NC(C)c1cccc(OCc2ccccn2)c1. The molecule has 0 aliphatic rings. The van der Waals surface area contributed by atoms with Crippen molar-refractivity contribution in [1.82, 2.24) is 15.6 Å². The third-order valence-corrected chi connectivity index (χ3v) is 3.62. The summed E-state index contributed by atoms with van der Waals surface area (Å²) in [6.07, 6.45) is 1.74. The van der Waals surface area contributed by atoms with Crippen LogP contribution in [0.4, 0.5) is 0 Å². The zero-order valence-electron chi connectivity index (χ0n) is 14.7. The van der Waals surface area contributed by atoms with Gasteiger partial charge in [-0.15, -0.1) is 0 Å². The number of ether oxygens (including phenoxy) is 2. The van der Waals surface area contributed by atoms with Gasteiger partial charge < -0.3 is 20.1 Å². The normalized spacial score (nSPS) is 11.8. The minimum Gasteiger partial charge on any atom is -0.487 e. The van der Waals surface area contributed by atoms with Crippen LogP contribution in [0, 0.1) is 0 Å². The van der Waals surface area contributed by atoms with Gasteiger partial charge in [-0.2, -0.15) is 0 Å². The first-order valence-electron chi connectivity index (χ1n) is 8.30. The molecule has 0 aliphatic heterocycles. The molecule has 1 aromatic carbocycles.